The summed E-state index contributed by atoms with van der Waals surface area (Å²) in [7, 11) is -0.480. The van der Waals surface area contributed by atoms with Crippen molar-refractivity contribution >= 4 is 36.0 Å². The van der Waals surface area contributed by atoms with Crippen LogP contribution in [0.4, 0.5) is 5.88 Å². The van der Waals surface area contributed by atoms with Gasteiger partial charge in [-0.1, -0.05) is 28.1 Å². The van der Waals surface area contributed by atoms with Gasteiger partial charge in [0, 0.05) is 17.3 Å². The first-order valence-electron chi connectivity index (χ1n) is 8.30. The zero-order valence-electron chi connectivity index (χ0n) is 15.4. The Bertz CT molecular complexity index is 769. The molecule has 8 heteroatoms. The molecule has 6 nitrogen and oxygen atoms in total. The lowest BCUT2D eigenvalue weighted by Crippen LogP contribution is -2.29. The lowest BCUT2D eigenvalue weighted by Gasteiger charge is -2.18. The molecular weight excluding hydrogens is 418 g/mol. The third-order valence-electron chi connectivity index (χ3n) is 3.37. The first kappa shape index (κ1) is 20.4. The van der Waals surface area contributed by atoms with Gasteiger partial charge in [-0.2, -0.15) is 0 Å². The Morgan fingerprint density at radius 1 is 1.35 bits per heavy atom. The minimum atomic E-state index is -2.05. The van der Waals surface area contributed by atoms with E-state index in [-0.39, 0.29) is 29.1 Å². The van der Waals surface area contributed by atoms with Gasteiger partial charge in [0.25, 0.3) is 0 Å². The molecule has 0 fully saturated rings. The quantitative estimate of drug-likeness (QED) is 0.445. The second-order valence-corrected chi connectivity index (χ2v) is 11.9. The standard InChI is InChI=1S/C18H24BrNO5Si/c1-23-13-8-5-7-12(11-13)16-15(22)17(25-26(2,3)4)18(24-16)20-14(21)9-6-10-19/h5,7-8,11,22H,6,9-10H2,1-4H3,(H,20,21). The van der Waals surface area contributed by atoms with Crippen LogP contribution in [0.15, 0.2) is 28.7 Å². The van der Waals surface area contributed by atoms with E-state index in [4.69, 9.17) is 13.6 Å². The average Bonchev–Trinajstić information content (AvgIpc) is 2.88. The Hall–Kier alpha value is -1.93. The van der Waals surface area contributed by atoms with Gasteiger partial charge >= 0.3 is 0 Å². The summed E-state index contributed by atoms with van der Waals surface area (Å²) < 4.78 is 17.0. The van der Waals surface area contributed by atoms with Crippen LogP contribution in [0.5, 0.6) is 17.2 Å². The molecule has 0 aliphatic heterocycles. The van der Waals surface area contributed by atoms with Gasteiger partial charge in [0.1, 0.15) is 5.75 Å². The zero-order valence-corrected chi connectivity index (χ0v) is 18.0. The highest BCUT2D eigenvalue weighted by molar-refractivity contribution is 9.09. The Morgan fingerprint density at radius 3 is 2.69 bits per heavy atom. The van der Waals surface area contributed by atoms with Crippen LogP contribution in [0.1, 0.15) is 12.8 Å². The zero-order chi connectivity index (χ0) is 19.3. The second-order valence-electron chi connectivity index (χ2n) is 6.73. The number of methoxy groups -OCH3 is 1. The molecular formula is C18H24BrNO5Si. The number of carbonyl (C=O) groups is 1. The summed E-state index contributed by atoms with van der Waals surface area (Å²) in [4.78, 5) is 12.1. The fraction of sp³-hybridized carbons (Fsp3) is 0.389. The highest BCUT2D eigenvalue weighted by Crippen LogP contribution is 2.47. The van der Waals surface area contributed by atoms with Crippen LogP contribution in [0.2, 0.25) is 19.6 Å². The topological polar surface area (TPSA) is 80.9 Å². The molecule has 0 atom stereocenters. The van der Waals surface area contributed by atoms with Crippen LogP contribution in [-0.4, -0.2) is 31.8 Å². The molecule has 26 heavy (non-hydrogen) atoms. The van der Waals surface area contributed by atoms with E-state index in [9.17, 15) is 9.90 Å². The maximum Gasteiger partial charge on any atom is 0.245 e. The highest BCUT2D eigenvalue weighted by atomic mass is 79.9. The van der Waals surface area contributed by atoms with Gasteiger partial charge < -0.3 is 18.7 Å². The molecule has 1 heterocycles. The van der Waals surface area contributed by atoms with E-state index in [0.717, 1.165) is 5.33 Å². The molecule has 1 aromatic heterocycles. The number of anilines is 1. The van der Waals surface area contributed by atoms with Crippen molar-refractivity contribution in [2.75, 3.05) is 17.8 Å². The fourth-order valence-corrected chi connectivity index (χ4v) is 3.35. The fourth-order valence-electron chi connectivity index (χ4n) is 2.27. The van der Waals surface area contributed by atoms with Gasteiger partial charge in [-0.3, -0.25) is 10.1 Å². The molecule has 2 rings (SSSR count). The molecule has 0 radical (unpaired) electrons. The molecule has 0 aliphatic rings. The molecule has 0 aliphatic carbocycles. The Labute approximate surface area is 162 Å². The SMILES string of the molecule is COc1cccc(-c2oc(NC(=O)CCCBr)c(O[Si](C)(C)C)c2O)c1. The number of amides is 1. The van der Waals surface area contributed by atoms with Crippen LogP contribution in [-0.2, 0) is 4.79 Å². The van der Waals surface area contributed by atoms with E-state index in [1.54, 1.807) is 31.4 Å². The van der Waals surface area contributed by atoms with Crippen LogP contribution in [0.3, 0.4) is 0 Å². The third kappa shape index (κ3) is 5.28. The van der Waals surface area contributed by atoms with Crippen molar-refractivity contribution in [3.05, 3.63) is 24.3 Å². The average molecular weight is 442 g/mol. The summed E-state index contributed by atoms with van der Waals surface area (Å²) in [6.07, 6.45) is 1.04. The number of nitrogens with one attached hydrogen (secondary N) is 1. The van der Waals surface area contributed by atoms with Gasteiger partial charge in [0.2, 0.25) is 31.6 Å². The van der Waals surface area contributed by atoms with E-state index in [0.29, 0.717) is 24.2 Å². The van der Waals surface area contributed by atoms with Crippen LogP contribution in [0.25, 0.3) is 11.3 Å². The van der Waals surface area contributed by atoms with Crippen molar-refractivity contribution < 1.29 is 23.5 Å². The van der Waals surface area contributed by atoms with Crippen molar-refractivity contribution in [1.82, 2.24) is 0 Å². The lowest BCUT2D eigenvalue weighted by molar-refractivity contribution is -0.116. The van der Waals surface area contributed by atoms with Crippen molar-refractivity contribution in [2.45, 2.75) is 32.5 Å². The number of hydrogen-bond donors (Lipinski definition) is 2. The molecule has 0 bridgehead atoms. The summed E-state index contributed by atoms with van der Waals surface area (Å²) in [5.74, 6) is 0.839. The Balaban J connectivity index is 2.43. The molecule has 0 unspecified atom stereocenters. The minimum absolute atomic E-state index is 0.127. The monoisotopic (exact) mass is 441 g/mol. The normalized spacial score (nSPS) is 11.3. The van der Waals surface area contributed by atoms with E-state index >= 15 is 0 Å². The van der Waals surface area contributed by atoms with Gasteiger partial charge in [0.15, 0.2) is 5.76 Å². The minimum Gasteiger partial charge on any atom is -0.538 e. The van der Waals surface area contributed by atoms with E-state index in [1.807, 2.05) is 19.6 Å². The number of ether oxygens (including phenoxy) is 1. The van der Waals surface area contributed by atoms with Gasteiger partial charge in [-0.05, 0) is 38.2 Å². The summed E-state index contributed by atoms with van der Waals surface area (Å²) in [5.41, 5.74) is 0.628. The number of alkyl halides is 1. The largest absolute Gasteiger partial charge is 0.538 e. The van der Waals surface area contributed by atoms with Crippen molar-refractivity contribution in [3.63, 3.8) is 0 Å². The predicted molar refractivity (Wildman–Crippen MR) is 108 cm³/mol. The van der Waals surface area contributed by atoms with Crippen molar-refractivity contribution in [1.29, 1.82) is 0 Å². The summed E-state index contributed by atoms with van der Waals surface area (Å²) in [6.45, 7) is 5.96. The van der Waals surface area contributed by atoms with Crippen LogP contribution in [0, 0.1) is 0 Å². The van der Waals surface area contributed by atoms with Crippen molar-refractivity contribution in [2.24, 2.45) is 0 Å². The number of furan rings is 1. The van der Waals surface area contributed by atoms with Gasteiger partial charge in [-0.15, -0.1) is 0 Å². The van der Waals surface area contributed by atoms with Crippen LogP contribution >= 0.6 is 15.9 Å². The van der Waals surface area contributed by atoms with Crippen LogP contribution < -0.4 is 14.5 Å². The Morgan fingerprint density at radius 2 is 2.08 bits per heavy atom. The number of carbonyl (C=O) groups excluding carboxylic acids is 1. The van der Waals surface area contributed by atoms with Gasteiger partial charge in [0.05, 0.1) is 7.11 Å². The first-order chi connectivity index (χ1) is 12.2. The van der Waals surface area contributed by atoms with Crippen molar-refractivity contribution in [3.8, 4) is 28.6 Å². The molecule has 0 saturated heterocycles. The second kappa shape index (κ2) is 8.63. The van der Waals surface area contributed by atoms with E-state index in [2.05, 4.69) is 21.2 Å². The smallest absolute Gasteiger partial charge is 0.245 e. The first-order valence-corrected chi connectivity index (χ1v) is 12.8. The number of rotatable bonds is 8. The van der Waals surface area contributed by atoms with Gasteiger partial charge in [-0.25, -0.2) is 0 Å². The summed E-state index contributed by atoms with van der Waals surface area (Å²) in [6, 6.07) is 7.12. The Kier molecular flexibility index (Phi) is 6.77. The number of hydrogen-bond acceptors (Lipinski definition) is 5. The maximum absolute atomic E-state index is 12.1. The maximum atomic E-state index is 12.1. The van der Waals surface area contributed by atoms with E-state index < -0.39 is 8.32 Å². The molecule has 1 amide bonds. The lowest BCUT2D eigenvalue weighted by atomic mass is 10.1. The molecule has 2 aromatic rings. The van der Waals surface area contributed by atoms with E-state index in [1.165, 1.54) is 0 Å². The molecule has 0 spiro atoms. The highest BCUT2D eigenvalue weighted by Gasteiger charge is 2.28. The number of benzene rings is 1. The molecule has 1 aromatic carbocycles. The number of aromatic hydroxyl groups is 1. The molecule has 0 saturated carbocycles. The number of halogens is 1. The summed E-state index contributed by atoms with van der Waals surface area (Å²) in [5, 5.41) is 14.1. The molecule has 142 valence electrons. The predicted octanol–water partition coefficient (Wildman–Crippen LogP) is 4.99. The summed E-state index contributed by atoms with van der Waals surface area (Å²) >= 11 is 3.30. The molecule has 2 N–H and O–H groups in total. The third-order valence-corrected chi connectivity index (χ3v) is 4.75.